The third kappa shape index (κ3) is 3.55. The van der Waals surface area contributed by atoms with Gasteiger partial charge in [-0.05, 0) is 37.6 Å². The van der Waals surface area contributed by atoms with Crippen molar-refractivity contribution in [2.24, 2.45) is 5.73 Å². The Balaban J connectivity index is 2.36. The molecule has 3 nitrogen and oxygen atoms in total. The van der Waals surface area contributed by atoms with Crippen molar-refractivity contribution in [2.45, 2.75) is 20.4 Å². The summed E-state index contributed by atoms with van der Waals surface area (Å²) in [6.45, 7) is 4.47. The van der Waals surface area contributed by atoms with E-state index in [0.29, 0.717) is 11.5 Å². The number of benzene rings is 1. The summed E-state index contributed by atoms with van der Waals surface area (Å²) in [6.07, 6.45) is 0. The first kappa shape index (κ1) is 15.4. The van der Waals surface area contributed by atoms with E-state index >= 15 is 0 Å². The lowest BCUT2D eigenvalue weighted by Gasteiger charge is -2.23. The summed E-state index contributed by atoms with van der Waals surface area (Å²) >= 11 is 5.14. The van der Waals surface area contributed by atoms with Gasteiger partial charge in [0.05, 0.1) is 11.3 Å². The first-order chi connectivity index (χ1) is 9.88. The van der Waals surface area contributed by atoms with E-state index in [1.807, 2.05) is 31.9 Å². The van der Waals surface area contributed by atoms with Crippen molar-refractivity contribution in [1.82, 2.24) is 4.98 Å². The molecule has 0 aliphatic heterocycles. The SMILES string of the molecule is Cc1cc(N(C)Cc2ccc(F)cc2)c(C(N)=S)c(C)n1. The smallest absolute Gasteiger partial charge is 0.123 e. The molecule has 1 aromatic carbocycles. The van der Waals surface area contributed by atoms with E-state index in [-0.39, 0.29) is 5.82 Å². The van der Waals surface area contributed by atoms with Gasteiger partial charge < -0.3 is 10.6 Å². The Bertz CT molecular complexity index is 668. The highest BCUT2D eigenvalue weighted by Crippen LogP contribution is 2.24. The molecule has 0 atom stereocenters. The molecule has 0 bridgehead atoms. The Morgan fingerprint density at radius 3 is 2.48 bits per heavy atom. The minimum atomic E-state index is -0.235. The zero-order chi connectivity index (χ0) is 15.6. The molecule has 0 saturated carbocycles. The van der Waals surface area contributed by atoms with Crippen LogP contribution in [0, 0.1) is 19.7 Å². The molecular formula is C16H18FN3S. The Morgan fingerprint density at radius 2 is 1.90 bits per heavy atom. The molecule has 1 aromatic heterocycles. The third-order valence-electron chi connectivity index (χ3n) is 3.30. The molecule has 2 N–H and O–H groups in total. The highest BCUT2D eigenvalue weighted by Gasteiger charge is 2.14. The number of rotatable bonds is 4. The van der Waals surface area contributed by atoms with Crippen molar-refractivity contribution < 1.29 is 4.39 Å². The van der Waals surface area contributed by atoms with Gasteiger partial charge >= 0.3 is 0 Å². The van der Waals surface area contributed by atoms with Crippen LogP contribution in [0.1, 0.15) is 22.5 Å². The molecule has 5 heteroatoms. The number of nitrogens with two attached hydrogens (primary N) is 1. The molecule has 0 unspecified atom stereocenters. The number of aromatic nitrogens is 1. The van der Waals surface area contributed by atoms with Crippen LogP contribution < -0.4 is 10.6 Å². The quantitative estimate of drug-likeness (QED) is 0.881. The molecule has 21 heavy (non-hydrogen) atoms. The van der Waals surface area contributed by atoms with Crippen molar-refractivity contribution in [1.29, 1.82) is 0 Å². The number of thiocarbonyl (C=S) groups is 1. The molecule has 0 spiro atoms. The number of halogens is 1. The fourth-order valence-electron chi connectivity index (χ4n) is 2.36. The van der Waals surface area contributed by atoms with Gasteiger partial charge in [0.2, 0.25) is 0 Å². The van der Waals surface area contributed by atoms with Gasteiger partial charge in [-0.3, -0.25) is 4.98 Å². The normalized spacial score (nSPS) is 10.5. The summed E-state index contributed by atoms with van der Waals surface area (Å²) in [7, 11) is 1.96. The van der Waals surface area contributed by atoms with E-state index < -0.39 is 0 Å². The predicted octanol–water partition coefficient (Wildman–Crippen LogP) is 3.11. The lowest BCUT2D eigenvalue weighted by molar-refractivity contribution is 0.627. The van der Waals surface area contributed by atoms with E-state index in [2.05, 4.69) is 4.98 Å². The maximum Gasteiger partial charge on any atom is 0.123 e. The topological polar surface area (TPSA) is 42.1 Å². The number of hydrogen-bond acceptors (Lipinski definition) is 3. The van der Waals surface area contributed by atoms with Gasteiger partial charge in [0.1, 0.15) is 10.8 Å². The maximum absolute atomic E-state index is 13.0. The van der Waals surface area contributed by atoms with Gasteiger partial charge in [-0.2, -0.15) is 0 Å². The molecule has 0 radical (unpaired) electrons. The fraction of sp³-hybridized carbons (Fsp3) is 0.250. The number of pyridine rings is 1. The molecular weight excluding hydrogens is 285 g/mol. The van der Waals surface area contributed by atoms with Crippen LogP contribution in [0.25, 0.3) is 0 Å². The fourth-order valence-corrected chi connectivity index (χ4v) is 2.61. The van der Waals surface area contributed by atoms with Crippen molar-refractivity contribution in [2.75, 3.05) is 11.9 Å². The van der Waals surface area contributed by atoms with Crippen LogP contribution in [-0.2, 0) is 6.54 Å². The zero-order valence-corrected chi connectivity index (χ0v) is 13.2. The lowest BCUT2D eigenvalue weighted by Crippen LogP contribution is -2.23. The molecule has 0 fully saturated rings. The Kier molecular flexibility index (Phi) is 4.53. The second kappa shape index (κ2) is 6.18. The Labute approximate surface area is 129 Å². The van der Waals surface area contributed by atoms with Crippen LogP contribution in [-0.4, -0.2) is 17.0 Å². The summed E-state index contributed by atoms with van der Waals surface area (Å²) in [6, 6.07) is 8.42. The van der Waals surface area contributed by atoms with E-state index in [9.17, 15) is 4.39 Å². The Hall–Kier alpha value is -2.01. The minimum Gasteiger partial charge on any atom is -0.389 e. The monoisotopic (exact) mass is 303 g/mol. The molecule has 2 rings (SSSR count). The first-order valence-corrected chi connectivity index (χ1v) is 7.03. The van der Waals surface area contributed by atoms with Gasteiger partial charge in [0, 0.05) is 25.0 Å². The van der Waals surface area contributed by atoms with Crippen molar-refractivity contribution in [3.8, 4) is 0 Å². The van der Waals surface area contributed by atoms with Gasteiger partial charge in [-0.1, -0.05) is 24.4 Å². The second-order valence-electron chi connectivity index (χ2n) is 5.09. The second-order valence-corrected chi connectivity index (χ2v) is 5.53. The van der Waals surface area contributed by atoms with Crippen LogP contribution in [0.2, 0.25) is 0 Å². The summed E-state index contributed by atoms with van der Waals surface area (Å²) in [5.74, 6) is -0.235. The van der Waals surface area contributed by atoms with Gasteiger partial charge in [0.15, 0.2) is 0 Å². The predicted molar refractivity (Wildman–Crippen MR) is 88.1 cm³/mol. The van der Waals surface area contributed by atoms with E-state index in [0.717, 1.165) is 28.2 Å². The average molecular weight is 303 g/mol. The average Bonchev–Trinajstić information content (AvgIpc) is 2.39. The van der Waals surface area contributed by atoms with Crippen molar-refractivity contribution in [3.63, 3.8) is 0 Å². The molecule has 0 saturated heterocycles. The summed E-state index contributed by atoms with van der Waals surface area (Å²) < 4.78 is 13.0. The van der Waals surface area contributed by atoms with Gasteiger partial charge in [0.25, 0.3) is 0 Å². The van der Waals surface area contributed by atoms with Crippen molar-refractivity contribution >= 4 is 22.9 Å². The largest absolute Gasteiger partial charge is 0.389 e. The number of aryl methyl sites for hydroxylation is 2. The van der Waals surface area contributed by atoms with Crippen molar-refractivity contribution in [3.05, 3.63) is 58.7 Å². The molecule has 1 heterocycles. The van der Waals surface area contributed by atoms with E-state index in [4.69, 9.17) is 18.0 Å². The van der Waals surface area contributed by atoms with Crippen LogP contribution in [0.4, 0.5) is 10.1 Å². The standard InChI is InChI=1S/C16H18FN3S/c1-10-8-14(15(16(18)21)11(2)19-10)20(3)9-12-4-6-13(17)7-5-12/h4-8H,9H2,1-3H3,(H2,18,21). The van der Waals surface area contributed by atoms with Crippen LogP contribution in [0.5, 0.6) is 0 Å². The molecule has 2 aromatic rings. The Morgan fingerprint density at radius 1 is 1.29 bits per heavy atom. The van der Waals surface area contributed by atoms with E-state index in [1.165, 1.54) is 12.1 Å². The number of hydrogen-bond donors (Lipinski definition) is 1. The zero-order valence-electron chi connectivity index (χ0n) is 12.4. The highest BCUT2D eigenvalue weighted by atomic mass is 32.1. The van der Waals surface area contributed by atoms with Crippen LogP contribution in [0.15, 0.2) is 30.3 Å². The summed E-state index contributed by atoms with van der Waals surface area (Å²) in [5.41, 5.74) is 10.3. The van der Waals surface area contributed by atoms with Crippen LogP contribution >= 0.6 is 12.2 Å². The number of nitrogens with zero attached hydrogens (tertiary/aromatic N) is 2. The minimum absolute atomic E-state index is 0.235. The molecule has 0 aliphatic carbocycles. The first-order valence-electron chi connectivity index (χ1n) is 6.62. The summed E-state index contributed by atoms with van der Waals surface area (Å²) in [4.78, 5) is 6.79. The number of anilines is 1. The third-order valence-corrected chi connectivity index (χ3v) is 3.50. The maximum atomic E-state index is 13.0. The van der Waals surface area contributed by atoms with E-state index in [1.54, 1.807) is 12.1 Å². The summed E-state index contributed by atoms with van der Waals surface area (Å²) in [5, 5.41) is 0. The van der Waals surface area contributed by atoms with Gasteiger partial charge in [-0.15, -0.1) is 0 Å². The highest BCUT2D eigenvalue weighted by molar-refractivity contribution is 7.80. The lowest BCUT2D eigenvalue weighted by atomic mass is 10.1. The van der Waals surface area contributed by atoms with Gasteiger partial charge in [-0.25, -0.2) is 4.39 Å². The molecule has 0 aliphatic rings. The molecule has 110 valence electrons. The molecule has 0 amide bonds. The van der Waals surface area contributed by atoms with Crippen LogP contribution in [0.3, 0.4) is 0 Å².